The third-order valence-electron chi connectivity index (χ3n) is 3.39. The molecule has 0 bridgehead atoms. The smallest absolute Gasteiger partial charge is 0.124 e. The summed E-state index contributed by atoms with van der Waals surface area (Å²) in [5.74, 6) is 0.224. The number of hydrogen-bond acceptors (Lipinski definition) is 3. The maximum atomic E-state index is 9.95. The van der Waals surface area contributed by atoms with Gasteiger partial charge in [-0.05, 0) is 5.56 Å². The minimum Gasteiger partial charge on any atom is -0.377 e. The highest BCUT2D eigenvalue weighted by Crippen LogP contribution is 2.37. The van der Waals surface area contributed by atoms with Gasteiger partial charge in [-0.2, -0.15) is 0 Å². The summed E-state index contributed by atoms with van der Waals surface area (Å²) in [6.07, 6.45) is -0.389. The Morgan fingerprint density at radius 1 is 1.07 bits per heavy atom. The standard InChI is InChI=1S/C12H18N2O/c1-9-11(10-7-5-4-6-8-10)13(2)14(3)12(9)15/h4-9,11-12,15H,1-3H3/t9-,11+,12+/m0/s1. The molecule has 15 heavy (non-hydrogen) atoms. The Bertz CT molecular complexity index is 314. The van der Waals surface area contributed by atoms with Crippen LogP contribution in [0.25, 0.3) is 0 Å². The van der Waals surface area contributed by atoms with Crippen LogP contribution in [0.3, 0.4) is 0 Å². The molecule has 3 heteroatoms. The predicted octanol–water partition coefficient (Wildman–Crippen LogP) is 1.47. The zero-order valence-electron chi connectivity index (χ0n) is 9.46. The van der Waals surface area contributed by atoms with Crippen molar-refractivity contribution < 1.29 is 5.11 Å². The number of aliphatic hydroxyl groups excluding tert-OH is 1. The summed E-state index contributed by atoms with van der Waals surface area (Å²) in [7, 11) is 3.94. The minimum atomic E-state index is -0.389. The van der Waals surface area contributed by atoms with E-state index in [1.807, 2.05) is 37.3 Å². The third-order valence-corrected chi connectivity index (χ3v) is 3.39. The van der Waals surface area contributed by atoms with Gasteiger partial charge in [0.15, 0.2) is 0 Å². The molecular weight excluding hydrogens is 188 g/mol. The summed E-state index contributed by atoms with van der Waals surface area (Å²) in [4.78, 5) is 0. The lowest BCUT2D eigenvalue weighted by atomic mass is 9.95. The lowest BCUT2D eigenvalue weighted by Gasteiger charge is -2.26. The van der Waals surface area contributed by atoms with E-state index in [1.54, 1.807) is 0 Å². The van der Waals surface area contributed by atoms with E-state index in [2.05, 4.69) is 24.1 Å². The molecule has 1 fully saturated rings. The molecule has 0 amide bonds. The summed E-state index contributed by atoms with van der Waals surface area (Å²) in [5.41, 5.74) is 1.26. The van der Waals surface area contributed by atoms with Crippen LogP contribution in [0.15, 0.2) is 30.3 Å². The monoisotopic (exact) mass is 206 g/mol. The van der Waals surface area contributed by atoms with Crippen molar-refractivity contribution in [3.8, 4) is 0 Å². The largest absolute Gasteiger partial charge is 0.377 e. The van der Waals surface area contributed by atoms with Crippen LogP contribution in [0, 0.1) is 5.92 Å². The molecule has 0 aliphatic carbocycles. The average molecular weight is 206 g/mol. The lowest BCUT2D eigenvalue weighted by molar-refractivity contribution is -0.0617. The molecule has 1 saturated heterocycles. The van der Waals surface area contributed by atoms with Gasteiger partial charge in [0.25, 0.3) is 0 Å². The Morgan fingerprint density at radius 2 is 1.67 bits per heavy atom. The Balaban J connectivity index is 2.30. The zero-order chi connectivity index (χ0) is 11.0. The van der Waals surface area contributed by atoms with Crippen LogP contribution < -0.4 is 0 Å². The van der Waals surface area contributed by atoms with E-state index in [-0.39, 0.29) is 18.2 Å². The molecule has 1 aromatic carbocycles. The molecule has 0 spiro atoms. The fraction of sp³-hybridized carbons (Fsp3) is 0.500. The second-order valence-corrected chi connectivity index (χ2v) is 4.28. The molecule has 1 aromatic rings. The van der Waals surface area contributed by atoms with Crippen LogP contribution in [0.4, 0.5) is 0 Å². The van der Waals surface area contributed by atoms with Gasteiger partial charge >= 0.3 is 0 Å². The zero-order valence-corrected chi connectivity index (χ0v) is 9.46. The molecule has 2 rings (SSSR count). The fourth-order valence-corrected chi connectivity index (χ4v) is 2.40. The molecule has 0 aromatic heterocycles. The van der Waals surface area contributed by atoms with Gasteiger partial charge < -0.3 is 5.11 Å². The maximum Gasteiger partial charge on any atom is 0.124 e. The van der Waals surface area contributed by atoms with Crippen LogP contribution in [-0.2, 0) is 0 Å². The highest BCUT2D eigenvalue weighted by molar-refractivity contribution is 5.20. The molecule has 1 heterocycles. The number of hydrogen-bond donors (Lipinski definition) is 1. The molecule has 3 nitrogen and oxygen atoms in total. The van der Waals surface area contributed by atoms with Gasteiger partial charge in [0.2, 0.25) is 0 Å². The second kappa shape index (κ2) is 3.93. The molecular formula is C12H18N2O. The van der Waals surface area contributed by atoms with E-state index >= 15 is 0 Å². The first-order valence-corrected chi connectivity index (χ1v) is 5.31. The van der Waals surface area contributed by atoms with Gasteiger partial charge in [0.1, 0.15) is 6.23 Å². The van der Waals surface area contributed by atoms with Crippen LogP contribution >= 0.6 is 0 Å². The van der Waals surface area contributed by atoms with Crippen molar-refractivity contribution in [2.24, 2.45) is 5.92 Å². The Labute approximate surface area is 90.9 Å². The molecule has 1 N–H and O–H groups in total. The summed E-state index contributed by atoms with van der Waals surface area (Å²) >= 11 is 0. The molecule has 3 atom stereocenters. The SMILES string of the molecule is C[C@@H]1[C@@H](O)N(C)N(C)[C@H]1c1ccccc1. The van der Waals surface area contributed by atoms with E-state index in [0.717, 1.165) is 0 Å². The van der Waals surface area contributed by atoms with Crippen molar-refractivity contribution in [3.63, 3.8) is 0 Å². The van der Waals surface area contributed by atoms with Gasteiger partial charge in [0.05, 0.1) is 6.04 Å². The van der Waals surface area contributed by atoms with E-state index in [4.69, 9.17) is 0 Å². The van der Waals surface area contributed by atoms with Crippen LogP contribution in [0.2, 0.25) is 0 Å². The van der Waals surface area contributed by atoms with Gasteiger partial charge in [-0.1, -0.05) is 37.3 Å². The first-order chi connectivity index (χ1) is 7.13. The highest BCUT2D eigenvalue weighted by atomic mass is 16.3. The maximum absolute atomic E-state index is 9.95. The first-order valence-electron chi connectivity index (χ1n) is 5.31. The van der Waals surface area contributed by atoms with Gasteiger partial charge in [-0.25, -0.2) is 10.0 Å². The number of hydrazine groups is 1. The van der Waals surface area contributed by atoms with E-state index in [9.17, 15) is 5.11 Å². The van der Waals surface area contributed by atoms with Crippen LogP contribution in [0.1, 0.15) is 18.5 Å². The Hall–Kier alpha value is -0.900. The van der Waals surface area contributed by atoms with Gasteiger partial charge in [0, 0.05) is 20.0 Å². The van der Waals surface area contributed by atoms with Crippen molar-refractivity contribution >= 4 is 0 Å². The van der Waals surface area contributed by atoms with Crippen molar-refractivity contribution in [1.29, 1.82) is 0 Å². The van der Waals surface area contributed by atoms with Gasteiger partial charge in [-0.15, -0.1) is 0 Å². The topological polar surface area (TPSA) is 26.7 Å². The number of nitrogens with zero attached hydrogens (tertiary/aromatic N) is 2. The molecule has 0 saturated carbocycles. The summed E-state index contributed by atoms with van der Waals surface area (Å²) < 4.78 is 0. The van der Waals surface area contributed by atoms with Crippen LogP contribution in [-0.4, -0.2) is 35.4 Å². The van der Waals surface area contributed by atoms with Crippen molar-refractivity contribution in [2.45, 2.75) is 19.2 Å². The summed E-state index contributed by atoms with van der Waals surface area (Å²) in [6, 6.07) is 10.6. The third kappa shape index (κ3) is 1.67. The molecule has 1 aliphatic rings. The van der Waals surface area contributed by atoms with Crippen molar-refractivity contribution in [3.05, 3.63) is 35.9 Å². The Morgan fingerprint density at radius 3 is 2.13 bits per heavy atom. The molecule has 0 radical (unpaired) electrons. The normalized spacial score (nSPS) is 33.5. The molecule has 0 unspecified atom stereocenters. The van der Waals surface area contributed by atoms with Crippen molar-refractivity contribution in [2.75, 3.05) is 14.1 Å². The Kier molecular flexibility index (Phi) is 2.78. The second-order valence-electron chi connectivity index (χ2n) is 4.28. The summed E-state index contributed by atoms with van der Waals surface area (Å²) in [6.45, 7) is 2.09. The quantitative estimate of drug-likeness (QED) is 0.754. The van der Waals surface area contributed by atoms with Gasteiger partial charge in [-0.3, -0.25) is 0 Å². The number of aliphatic hydroxyl groups is 1. The molecule has 1 aliphatic heterocycles. The lowest BCUT2D eigenvalue weighted by Crippen LogP contribution is -2.35. The number of benzene rings is 1. The highest BCUT2D eigenvalue weighted by Gasteiger charge is 2.40. The predicted molar refractivity (Wildman–Crippen MR) is 59.9 cm³/mol. The molecule has 82 valence electrons. The van der Waals surface area contributed by atoms with Crippen molar-refractivity contribution in [1.82, 2.24) is 10.0 Å². The minimum absolute atomic E-state index is 0.224. The van der Waals surface area contributed by atoms with E-state index in [1.165, 1.54) is 5.56 Å². The fourth-order valence-electron chi connectivity index (χ4n) is 2.40. The average Bonchev–Trinajstić information content (AvgIpc) is 2.45. The summed E-state index contributed by atoms with van der Waals surface area (Å²) in [5, 5.41) is 13.9. The van der Waals surface area contributed by atoms with Crippen LogP contribution in [0.5, 0.6) is 0 Å². The first kappa shape index (κ1) is 10.6. The van der Waals surface area contributed by atoms with E-state index in [0.29, 0.717) is 0 Å². The van der Waals surface area contributed by atoms with E-state index < -0.39 is 0 Å². The number of rotatable bonds is 1.